The predicted molar refractivity (Wildman–Crippen MR) is 131 cm³/mol. The largest absolute Gasteiger partial charge is 0.497 e. The quantitative estimate of drug-likeness (QED) is 0.491. The van der Waals surface area contributed by atoms with E-state index in [9.17, 15) is 4.79 Å². The van der Waals surface area contributed by atoms with Gasteiger partial charge in [-0.3, -0.25) is 9.78 Å². The van der Waals surface area contributed by atoms with Gasteiger partial charge in [0.2, 0.25) is 5.91 Å². The molecule has 3 aromatic rings. The number of amides is 1. The number of fused-ring (bicyclic) bond motifs is 1. The van der Waals surface area contributed by atoms with Crippen molar-refractivity contribution in [1.82, 2.24) is 20.3 Å². The molecule has 33 heavy (non-hydrogen) atoms. The van der Waals surface area contributed by atoms with E-state index < -0.39 is 0 Å². The Hall–Kier alpha value is -3.15. The smallest absolute Gasteiger partial charge is 0.224 e. The molecule has 4 rings (SSSR count). The Morgan fingerprint density at radius 1 is 1.24 bits per heavy atom. The van der Waals surface area contributed by atoms with Crippen molar-refractivity contribution in [3.05, 3.63) is 65.8 Å². The van der Waals surface area contributed by atoms with E-state index in [1.54, 1.807) is 13.3 Å². The van der Waals surface area contributed by atoms with Crippen LogP contribution >= 0.6 is 0 Å². The minimum Gasteiger partial charge on any atom is -0.497 e. The van der Waals surface area contributed by atoms with Gasteiger partial charge < -0.3 is 15.0 Å². The molecule has 174 valence electrons. The van der Waals surface area contributed by atoms with Crippen LogP contribution in [0.25, 0.3) is 11.0 Å². The molecular formula is C27H34N4O2. The molecule has 3 atom stereocenters. The van der Waals surface area contributed by atoms with Crippen LogP contribution in [-0.2, 0) is 17.6 Å². The van der Waals surface area contributed by atoms with Gasteiger partial charge in [-0.05, 0) is 60.8 Å². The van der Waals surface area contributed by atoms with Crippen molar-refractivity contribution in [3.63, 3.8) is 0 Å². The van der Waals surface area contributed by atoms with E-state index in [1.807, 2.05) is 36.5 Å². The van der Waals surface area contributed by atoms with Crippen molar-refractivity contribution in [1.29, 1.82) is 0 Å². The van der Waals surface area contributed by atoms with Crippen molar-refractivity contribution in [2.45, 2.75) is 40.0 Å². The van der Waals surface area contributed by atoms with Crippen LogP contribution in [0, 0.1) is 23.7 Å². The molecular weight excluding hydrogens is 412 g/mol. The molecule has 0 aliphatic heterocycles. The molecule has 0 radical (unpaired) electrons. The maximum atomic E-state index is 12.6. The number of rotatable bonds is 8. The summed E-state index contributed by atoms with van der Waals surface area (Å²) in [4.78, 5) is 24.9. The second-order valence-corrected chi connectivity index (χ2v) is 9.52. The molecule has 2 aromatic heterocycles. The van der Waals surface area contributed by atoms with Gasteiger partial charge >= 0.3 is 0 Å². The summed E-state index contributed by atoms with van der Waals surface area (Å²) in [5.41, 5.74) is 4.34. The molecule has 1 aliphatic carbocycles. The third-order valence-electron chi connectivity index (χ3n) is 6.91. The Balaban J connectivity index is 1.39. The summed E-state index contributed by atoms with van der Waals surface area (Å²) in [6.07, 6.45) is 8.38. The zero-order chi connectivity index (χ0) is 23.4. The third-order valence-corrected chi connectivity index (χ3v) is 6.91. The molecule has 1 aliphatic rings. The molecule has 0 spiro atoms. The van der Waals surface area contributed by atoms with Crippen LogP contribution in [0.15, 0.2) is 54.4 Å². The van der Waals surface area contributed by atoms with Gasteiger partial charge in [0.05, 0.1) is 30.8 Å². The highest BCUT2D eigenvalue weighted by molar-refractivity contribution is 5.78. The topological polar surface area (TPSA) is 79.9 Å². The highest BCUT2D eigenvalue weighted by atomic mass is 16.5. The Labute approximate surface area is 195 Å². The summed E-state index contributed by atoms with van der Waals surface area (Å²) in [6.45, 7) is 7.47. The monoisotopic (exact) mass is 446 g/mol. The molecule has 0 bridgehead atoms. The Morgan fingerprint density at radius 3 is 2.73 bits per heavy atom. The molecule has 6 heteroatoms. The van der Waals surface area contributed by atoms with Crippen molar-refractivity contribution in [2.24, 2.45) is 23.7 Å². The van der Waals surface area contributed by atoms with E-state index in [0.717, 1.165) is 41.0 Å². The van der Waals surface area contributed by atoms with E-state index in [1.165, 1.54) is 5.57 Å². The fourth-order valence-electron chi connectivity index (χ4n) is 4.97. The zero-order valence-corrected chi connectivity index (χ0v) is 20.0. The fourth-order valence-corrected chi connectivity index (χ4v) is 4.97. The van der Waals surface area contributed by atoms with Gasteiger partial charge in [-0.1, -0.05) is 37.6 Å². The highest BCUT2D eigenvalue weighted by Crippen LogP contribution is 2.38. The molecule has 0 saturated carbocycles. The summed E-state index contributed by atoms with van der Waals surface area (Å²) >= 11 is 0. The number of nitrogens with one attached hydrogen (secondary N) is 2. The van der Waals surface area contributed by atoms with E-state index in [2.05, 4.69) is 42.1 Å². The van der Waals surface area contributed by atoms with Crippen LogP contribution in [0.5, 0.6) is 5.75 Å². The fraction of sp³-hybridized carbons (Fsp3) is 0.444. The predicted octanol–water partition coefficient (Wildman–Crippen LogP) is 4.72. The SMILES string of the molecule is COc1ccc(CC(=O)NCC2C=C(C)C(Cc3nc4ccncc4[nH]3)CC2C(C)C)cc1. The molecule has 1 aromatic carbocycles. The molecule has 3 unspecified atom stereocenters. The van der Waals surface area contributed by atoms with Crippen LogP contribution in [0.2, 0.25) is 0 Å². The highest BCUT2D eigenvalue weighted by Gasteiger charge is 2.32. The Bertz CT molecular complexity index is 1080. The van der Waals surface area contributed by atoms with Crippen molar-refractivity contribution >= 4 is 16.9 Å². The zero-order valence-electron chi connectivity index (χ0n) is 20.0. The standard InChI is InChI=1S/C27H34N4O2/c1-17(2)23-13-20(14-26-30-24-9-10-28-16-25(24)31-26)18(3)11-21(23)15-29-27(32)12-19-5-7-22(33-4)8-6-19/h5-11,16-17,20-21,23H,12-15H2,1-4H3,(H,29,32)(H,30,31). The maximum Gasteiger partial charge on any atom is 0.224 e. The van der Waals surface area contributed by atoms with Crippen molar-refractivity contribution < 1.29 is 9.53 Å². The lowest BCUT2D eigenvalue weighted by atomic mass is 9.69. The first-order valence-corrected chi connectivity index (χ1v) is 11.8. The van der Waals surface area contributed by atoms with Crippen LogP contribution < -0.4 is 10.1 Å². The number of aromatic amines is 1. The minimum absolute atomic E-state index is 0.0618. The molecule has 2 heterocycles. The third kappa shape index (κ3) is 5.62. The van der Waals surface area contributed by atoms with E-state index >= 15 is 0 Å². The lowest BCUT2D eigenvalue weighted by molar-refractivity contribution is -0.120. The van der Waals surface area contributed by atoms with Gasteiger partial charge in [0.1, 0.15) is 11.6 Å². The van der Waals surface area contributed by atoms with Gasteiger partial charge in [-0.2, -0.15) is 0 Å². The second-order valence-electron chi connectivity index (χ2n) is 9.52. The number of imidazole rings is 1. The first-order chi connectivity index (χ1) is 15.9. The summed E-state index contributed by atoms with van der Waals surface area (Å²) < 4.78 is 5.19. The number of ether oxygens (including phenoxy) is 1. The number of carbonyl (C=O) groups is 1. The van der Waals surface area contributed by atoms with Crippen molar-refractivity contribution in [2.75, 3.05) is 13.7 Å². The lowest BCUT2D eigenvalue weighted by Gasteiger charge is -2.37. The normalized spacial score (nSPS) is 20.6. The minimum atomic E-state index is 0.0618. The first-order valence-electron chi connectivity index (χ1n) is 11.8. The number of hydrogen-bond acceptors (Lipinski definition) is 4. The average molecular weight is 447 g/mol. The summed E-state index contributed by atoms with van der Waals surface area (Å²) in [5, 5.41) is 3.18. The molecule has 1 amide bonds. The number of benzene rings is 1. The number of carbonyl (C=O) groups excluding carboxylic acids is 1. The van der Waals surface area contributed by atoms with Gasteiger partial charge in [-0.15, -0.1) is 0 Å². The first kappa shape index (κ1) is 23.0. The summed E-state index contributed by atoms with van der Waals surface area (Å²) in [5.74, 6) is 3.75. The second kappa shape index (κ2) is 10.2. The van der Waals surface area contributed by atoms with Gasteiger partial charge in [-0.25, -0.2) is 4.98 Å². The summed E-state index contributed by atoms with van der Waals surface area (Å²) in [7, 11) is 1.64. The van der Waals surface area contributed by atoms with E-state index in [0.29, 0.717) is 36.6 Å². The summed E-state index contributed by atoms with van der Waals surface area (Å²) in [6, 6.07) is 9.62. The number of allylic oxidation sites excluding steroid dienone is 1. The van der Waals surface area contributed by atoms with Crippen LogP contribution in [-0.4, -0.2) is 34.5 Å². The average Bonchev–Trinajstić information content (AvgIpc) is 3.22. The Kier molecular flexibility index (Phi) is 7.11. The van der Waals surface area contributed by atoms with Gasteiger partial charge in [0.25, 0.3) is 0 Å². The van der Waals surface area contributed by atoms with E-state index in [-0.39, 0.29) is 5.91 Å². The van der Waals surface area contributed by atoms with Crippen LogP contribution in [0.1, 0.15) is 38.6 Å². The number of methoxy groups -OCH3 is 1. The molecule has 0 saturated heterocycles. The lowest BCUT2D eigenvalue weighted by Crippen LogP contribution is -2.37. The van der Waals surface area contributed by atoms with E-state index in [4.69, 9.17) is 9.72 Å². The van der Waals surface area contributed by atoms with Crippen LogP contribution in [0.4, 0.5) is 0 Å². The van der Waals surface area contributed by atoms with Crippen molar-refractivity contribution in [3.8, 4) is 5.75 Å². The number of nitrogens with zero attached hydrogens (tertiary/aromatic N) is 2. The number of aromatic nitrogens is 3. The van der Waals surface area contributed by atoms with Gasteiger partial charge in [0, 0.05) is 19.2 Å². The van der Waals surface area contributed by atoms with Crippen LogP contribution in [0.3, 0.4) is 0 Å². The number of hydrogen-bond donors (Lipinski definition) is 2. The number of H-pyrrole nitrogens is 1. The molecule has 2 N–H and O–H groups in total. The Morgan fingerprint density at radius 2 is 2.03 bits per heavy atom. The molecule has 6 nitrogen and oxygen atoms in total. The molecule has 0 fully saturated rings. The maximum absolute atomic E-state index is 12.6. The van der Waals surface area contributed by atoms with Gasteiger partial charge in [0.15, 0.2) is 0 Å². The number of pyridine rings is 1.